The van der Waals surface area contributed by atoms with Crippen molar-refractivity contribution < 1.29 is 9.59 Å². The summed E-state index contributed by atoms with van der Waals surface area (Å²) in [7, 11) is 0. The Kier molecular flexibility index (Phi) is 6.16. The molecule has 1 atom stereocenters. The van der Waals surface area contributed by atoms with Gasteiger partial charge in [-0.15, -0.1) is 0 Å². The standard InChI is InChI=1S/C18H27N3O2/c1-4-16-5-7-17(8-6-16)14(2)19-18(23)13-20-9-11-21(12-10-20)15(3)22/h5-8,14H,4,9-13H2,1-3H3,(H,19,23)/t14-/m1/s1. The van der Waals surface area contributed by atoms with Gasteiger partial charge >= 0.3 is 0 Å². The Morgan fingerprint density at radius 1 is 1.13 bits per heavy atom. The van der Waals surface area contributed by atoms with Crippen LogP contribution in [-0.4, -0.2) is 54.3 Å². The largest absolute Gasteiger partial charge is 0.348 e. The number of rotatable bonds is 5. The van der Waals surface area contributed by atoms with Crippen LogP contribution >= 0.6 is 0 Å². The highest BCUT2D eigenvalue weighted by Gasteiger charge is 2.20. The quantitative estimate of drug-likeness (QED) is 0.897. The first-order valence-electron chi connectivity index (χ1n) is 8.35. The molecule has 0 bridgehead atoms. The third kappa shape index (κ3) is 5.06. The molecule has 0 radical (unpaired) electrons. The summed E-state index contributed by atoms with van der Waals surface area (Å²) < 4.78 is 0. The Balaban J connectivity index is 1.79. The first-order chi connectivity index (χ1) is 11.0. The van der Waals surface area contributed by atoms with E-state index in [-0.39, 0.29) is 17.9 Å². The van der Waals surface area contributed by atoms with Crippen molar-refractivity contribution in [3.63, 3.8) is 0 Å². The fraction of sp³-hybridized carbons (Fsp3) is 0.556. The van der Waals surface area contributed by atoms with Gasteiger partial charge in [0.05, 0.1) is 12.6 Å². The molecule has 1 saturated heterocycles. The van der Waals surface area contributed by atoms with Gasteiger partial charge in [0.1, 0.15) is 0 Å². The minimum atomic E-state index is 0.00640. The first kappa shape index (κ1) is 17.5. The second-order valence-electron chi connectivity index (χ2n) is 6.17. The van der Waals surface area contributed by atoms with Crippen molar-refractivity contribution in [2.75, 3.05) is 32.7 Å². The minimum Gasteiger partial charge on any atom is -0.348 e. The second kappa shape index (κ2) is 8.11. The van der Waals surface area contributed by atoms with Crippen LogP contribution in [0.1, 0.15) is 37.9 Å². The van der Waals surface area contributed by atoms with Crippen molar-refractivity contribution in [2.24, 2.45) is 0 Å². The van der Waals surface area contributed by atoms with Crippen molar-refractivity contribution in [2.45, 2.75) is 33.2 Å². The van der Waals surface area contributed by atoms with E-state index < -0.39 is 0 Å². The third-order valence-corrected chi connectivity index (χ3v) is 4.45. The molecule has 126 valence electrons. The van der Waals surface area contributed by atoms with Crippen molar-refractivity contribution in [1.29, 1.82) is 0 Å². The maximum Gasteiger partial charge on any atom is 0.234 e. The van der Waals surface area contributed by atoms with Crippen LogP contribution in [0.5, 0.6) is 0 Å². The molecule has 0 spiro atoms. The van der Waals surface area contributed by atoms with E-state index in [1.165, 1.54) is 5.56 Å². The minimum absolute atomic E-state index is 0.00640. The number of nitrogens with one attached hydrogen (secondary N) is 1. The summed E-state index contributed by atoms with van der Waals surface area (Å²) in [6.45, 7) is 9.04. The summed E-state index contributed by atoms with van der Waals surface area (Å²) in [5.41, 5.74) is 2.42. The highest BCUT2D eigenvalue weighted by molar-refractivity contribution is 5.78. The molecule has 5 heteroatoms. The number of amides is 2. The lowest BCUT2D eigenvalue weighted by Crippen LogP contribution is -2.50. The van der Waals surface area contributed by atoms with Gasteiger partial charge in [0.25, 0.3) is 0 Å². The topological polar surface area (TPSA) is 52.7 Å². The number of hydrogen-bond donors (Lipinski definition) is 1. The van der Waals surface area contributed by atoms with Gasteiger partial charge in [-0.2, -0.15) is 0 Å². The molecule has 0 aromatic heterocycles. The van der Waals surface area contributed by atoms with Gasteiger partial charge in [0, 0.05) is 33.1 Å². The fourth-order valence-corrected chi connectivity index (χ4v) is 2.84. The van der Waals surface area contributed by atoms with Crippen molar-refractivity contribution in [3.05, 3.63) is 35.4 Å². The highest BCUT2D eigenvalue weighted by Crippen LogP contribution is 2.13. The van der Waals surface area contributed by atoms with Crippen LogP contribution < -0.4 is 5.32 Å². The molecule has 1 fully saturated rings. The lowest BCUT2D eigenvalue weighted by atomic mass is 10.1. The monoisotopic (exact) mass is 317 g/mol. The van der Waals surface area contributed by atoms with E-state index >= 15 is 0 Å². The van der Waals surface area contributed by atoms with Gasteiger partial charge in [-0.05, 0) is 24.5 Å². The van der Waals surface area contributed by atoms with Crippen molar-refractivity contribution in [3.8, 4) is 0 Å². The van der Waals surface area contributed by atoms with E-state index in [2.05, 4.69) is 41.4 Å². The van der Waals surface area contributed by atoms with Crippen molar-refractivity contribution in [1.82, 2.24) is 15.1 Å². The summed E-state index contributed by atoms with van der Waals surface area (Å²) in [6.07, 6.45) is 1.02. The number of piperazine rings is 1. The summed E-state index contributed by atoms with van der Waals surface area (Å²) in [5, 5.41) is 3.05. The van der Waals surface area contributed by atoms with Crippen LogP contribution in [-0.2, 0) is 16.0 Å². The maximum atomic E-state index is 12.2. The molecule has 1 N–H and O–H groups in total. The van der Waals surface area contributed by atoms with Gasteiger partial charge in [-0.25, -0.2) is 0 Å². The molecule has 0 saturated carbocycles. The Morgan fingerprint density at radius 3 is 2.26 bits per heavy atom. The Labute approximate surface area is 138 Å². The Morgan fingerprint density at radius 2 is 1.74 bits per heavy atom. The van der Waals surface area contributed by atoms with Crippen LogP contribution in [0.2, 0.25) is 0 Å². The smallest absolute Gasteiger partial charge is 0.234 e. The molecule has 2 rings (SSSR count). The highest BCUT2D eigenvalue weighted by atomic mass is 16.2. The molecule has 1 aliphatic heterocycles. The number of nitrogens with zero attached hydrogens (tertiary/aromatic N) is 2. The zero-order valence-electron chi connectivity index (χ0n) is 14.3. The zero-order chi connectivity index (χ0) is 16.8. The molecule has 1 aromatic carbocycles. The van der Waals surface area contributed by atoms with Crippen molar-refractivity contribution >= 4 is 11.8 Å². The predicted octanol–water partition coefficient (Wildman–Crippen LogP) is 1.59. The Bertz CT molecular complexity index is 534. The van der Waals surface area contributed by atoms with Gasteiger partial charge < -0.3 is 10.2 Å². The van der Waals surface area contributed by atoms with Gasteiger partial charge in [-0.3, -0.25) is 14.5 Å². The predicted molar refractivity (Wildman–Crippen MR) is 91.1 cm³/mol. The van der Waals surface area contributed by atoms with E-state index in [4.69, 9.17) is 0 Å². The van der Waals surface area contributed by atoms with E-state index in [0.717, 1.165) is 25.1 Å². The Hall–Kier alpha value is -1.88. The molecular formula is C18H27N3O2. The molecule has 5 nitrogen and oxygen atoms in total. The second-order valence-corrected chi connectivity index (χ2v) is 6.17. The molecule has 23 heavy (non-hydrogen) atoms. The summed E-state index contributed by atoms with van der Waals surface area (Å²) in [6, 6.07) is 8.38. The van der Waals surface area contributed by atoms with E-state index in [1.54, 1.807) is 6.92 Å². The summed E-state index contributed by atoms with van der Waals surface area (Å²) in [4.78, 5) is 27.4. The molecule has 2 amide bonds. The SMILES string of the molecule is CCc1ccc([C@@H](C)NC(=O)CN2CCN(C(C)=O)CC2)cc1. The van der Waals surface area contributed by atoms with Gasteiger partial charge in [0.15, 0.2) is 0 Å². The summed E-state index contributed by atoms with van der Waals surface area (Å²) >= 11 is 0. The maximum absolute atomic E-state index is 12.2. The van der Waals surface area contributed by atoms with Crippen LogP contribution in [0.3, 0.4) is 0 Å². The van der Waals surface area contributed by atoms with E-state index in [0.29, 0.717) is 19.6 Å². The average molecular weight is 317 g/mol. The number of hydrogen-bond acceptors (Lipinski definition) is 3. The average Bonchev–Trinajstić information content (AvgIpc) is 2.55. The van der Waals surface area contributed by atoms with Crippen LogP contribution in [0, 0.1) is 0 Å². The third-order valence-electron chi connectivity index (χ3n) is 4.45. The van der Waals surface area contributed by atoms with E-state index in [1.807, 2.05) is 11.8 Å². The number of aryl methyl sites for hydroxylation is 1. The van der Waals surface area contributed by atoms with Gasteiger partial charge in [-0.1, -0.05) is 31.2 Å². The normalized spacial score (nSPS) is 16.9. The molecule has 0 unspecified atom stereocenters. The lowest BCUT2D eigenvalue weighted by Gasteiger charge is -2.33. The number of carbonyl (C=O) groups excluding carboxylic acids is 2. The van der Waals surface area contributed by atoms with Gasteiger partial charge in [0.2, 0.25) is 11.8 Å². The number of benzene rings is 1. The molecular weight excluding hydrogens is 290 g/mol. The molecule has 1 aromatic rings. The van der Waals surface area contributed by atoms with Crippen LogP contribution in [0.15, 0.2) is 24.3 Å². The fourth-order valence-electron chi connectivity index (χ4n) is 2.84. The molecule has 1 aliphatic rings. The molecule has 0 aliphatic carbocycles. The van der Waals surface area contributed by atoms with E-state index in [9.17, 15) is 9.59 Å². The lowest BCUT2D eigenvalue weighted by molar-refractivity contribution is -0.131. The number of carbonyl (C=O) groups is 2. The zero-order valence-corrected chi connectivity index (χ0v) is 14.3. The van der Waals surface area contributed by atoms with Crippen LogP contribution in [0.4, 0.5) is 0 Å². The molecule has 1 heterocycles. The first-order valence-corrected chi connectivity index (χ1v) is 8.35. The van der Waals surface area contributed by atoms with Crippen LogP contribution in [0.25, 0.3) is 0 Å². The summed E-state index contributed by atoms with van der Waals surface area (Å²) in [5.74, 6) is 0.145.